The van der Waals surface area contributed by atoms with Crippen LogP contribution in [0.4, 0.5) is 17.6 Å². The second-order valence-electron chi connectivity index (χ2n) is 11.9. The molecule has 240 valence electrons. The fourth-order valence-corrected chi connectivity index (χ4v) is 5.94. The average Bonchev–Trinajstić information content (AvgIpc) is 3.96. The number of hydrogen-bond donors (Lipinski definition) is 2. The van der Waals surface area contributed by atoms with Gasteiger partial charge in [0.1, 0.15) is 23.7 Å². The molecule has 0 bridgehead atoms. The molecule has 7 rings (SSSR count). The van der Waals surface area contributed by atoms with Crippen LogP contribution in [-0.2, 0) is 11.1 Å². The van der Waals surface area contributed by atoms with Gasteiger partial charge in [-0.25, -0.2) is 14.4 Å². The number of pyridine rings is 1. The molecule has 4 aromatic rings. The fraction of sp³-hybridized carbons (Fsp3) is 0.364. The molecule has 2 aromatic heterocycles. The maximum absolute atomic E-state index is 15.1. The Labute approximate surface area is 261 Å². The van der Waals surface area contributed by atoms with Crippen LogP contribution in [0.2, 0.25) is 0 Å². The molecule has 9 nitrogen and oxygen atoms in total. The summed E-state index contributed by atoms with van der Waals surface area (Å²) in [4.78, 5) is 21.8. The summed E-state index contributed by atoms with van der Waals surface area (Å²) < 4.78 is 77.1. The lowest BCUT2D eigenvalue weighted by Crippen LogP contribution is -2.50. The monoisotopic (exact) mass is 638 g/mol. The molecule has 2 N–H and O–H groups in total. The number of ether oxygens (including phenoxy) is 3. The van der Waals surface area contributed by atoms with Crippen molar-refractivity contribution in [2.75, 3.05) is 20.3 Å². The summed E-state index contributed by atoms with van der Waals surface area (Å²) in [5.41, 5.74) is -4.31. The van der Waals surface area contributed by atoms with Crippen LogP contribution in [0.3, 0.4) is 0 Å². The zero-order valence-corrected chi connectivity index (χ0v) is 24.7. The minimum absolute atomic E-state index is 0.0140. The van der Waals surface area contributed by atoms with Crippen molar-refractivity contribution in [2.45, 2.75) is 49.1 Å². The molecule has 2 aromatic carbocycles. The van der Waals surface area contributed by atoms with E-state index in [0.717, 1.165) is 23.7 Å². The summed E-state index contributed by atoms with van der Waals surface area (Å²) >= 11 is 0. The highest BCUT2D eigenvalue weighted by atomic mass is 19.4. The number of benzene rings is 2. The molecule has 2 aliphatic carbocycles. The highest BCUT2D eigenvalue weighted by molar-refractivity contribution is 5.95. The topological polar surface area (TPSA) is 108 Å². The van der Waals surface area contributed by atoms with E-state index in [2.05, 4.69) is 15.3 Å². The number of halogens is 4. The summed E-state index contributed by atoms with van der Waals surface area (Å²) in [6, 6.07) is 11.1. The van der Waals surface area contributed by atoms with Gasteiger partial charge in [-0.3, -0.25) is 4.79 Å². The maximum Gasteiger partial charge on any atom is 0.419 e. The third kappa shape index (κ3) is 5.12. The van der Waals surface area contributed by atoms with E-state index in [1.165, 1.54) is 55.9 Å². The van der Waals surface area contributed by atoms with Crippen molar-refractivity contribution in [1.29, 1.82) is 0 Å². The van der Waals surface area contributed by atoms with Crippen molar-refractivity contribution in [3.63, 3.8) is 0 Å². The van der Waals surface area contributed by atoms with E-state index in [1.807, 2.05) is 0 Å². The van der Waals surface area contributed by atoms with Crippen LogP contribution in [0.5, 0.6) is 17.2 Å². The van der Waals surface area contributed by atoms with E-state index in [4.69, 9.17) is 14.2 Å². The molecule has 13 heteroatoms. The summed E-state index contributed by atoms with van der Waals surface area (Å²) in [6.07, 6.45) is 1.81. The Kier molecular flexibility index (Phi) is 7.18. The zero-order chi connectivity index (χ0) is 32.3. The van der Waals surface area contributed by atoms with Crippen molar-refractivity contribution < 1.29 is 41.7 Å². The highest BCUT2D eigenvalue weighted by Gasteiger charge is 2.63. The normalized spacial score (nSPS) is 20.4. The number of methoxy groups -OCH3 is 1. The van der Waals surface area contributed by atoms with E-state index in [9.17, 15) is 14.3 Å². The van der Waals surface area contributed by atoms with Gasteiger partial charge in [0.2, 0.25) is 5.54 Å². The van der Waals surface area contributed by atoms with Gasteiger partial charge in [0.05, 0.1) is 31.8 Å². The summed E-state index contributed by atoms with van der Waals surface area (Å²) in [5, 5.41) is 14.9. The predicted octanol–water partition coefficient (Wildman–Crippen LogP) is 5.36. The van der Waals surface area contributed by atoms with Gasteiger partial charge in [-0.15, -0.1) is 0 Å². The Bertz CT molecular complexity index is 1770. The van der Waals surface area contributed by atoms with Crippen molar-refractivity contribution in [3.8, 4) is 28.5 Å². The molecule has 1 amide bonds. The number of alkyl halides is 3. The molecule has 1 unspecified atom stereocenters. The third-order valence-electron chi connectivity index (χ3n) is 8.83. The zero-order valence-electron chi connectivity index (χ0n) is 24.7. The van der Waals surface area contributed by atoms with Crippen molar-refractivity contribution in [2.24, 2.45) is 5.92 Å². The van der Waals surface area contributed by atoms with Crippen LogP contribution in [-0.4, -0.2) is 58.1 Å². The SMILES string of the molecule is COc1cc(C(=O)NCC(O)(c2cc3c(c(-c4ccc(F)cc4)n2)OC[C@@]3(n2ccnc2)C(F)(F)F)C2CC2)ccc1OC1CC1. The number of hydrogen-bond acceptors (Lipinski definition) is 7. The first kappa shape index (κ1) is 30.0. The fourth-order valence-electron chi connectivity index (χ4n) is 5.94. The molecule has 0 spiro atoms. The number of amides is 1. The Morgan fingerprint density at radius 1 is 1.11 bits per heavy atom. The summed E-state index contributed by atoms with van der Waals surface area (Å²) in [5.74, 6) is -0.699. The number of fused-ring (bicyclic) bond motifs is 1. The molecule has 0 radical (unpaired) electrons. The first-order valence-corrected chi connectivity index (χ1v) is 14.9. The number of carbonyl (C=O) groups is 1. The Hall–Kier alpha value is -4.65. The smallest absolute Gasteiger partial charge is 0.419 e. The first-order valence-electron chi connectivity index (χ1n) is 14.9. The van der Waals surface area contributed by atoms with Crippen molar-refractivity contribution in [1.82, 2.24) is 19.9 Å². The van der Waals surface area contributed by atoms with E-state index < -0.39 is 35.6 Å². The molecular weight excluding hydrogens is 608 g/mol. The second kappa shape index (κ2) is 11.0. The van der Waals surface area contributed by atoms with E-state index >= 15 is 13.2 Å². The molecule has 3 heterocycles. The largest absolute Gasteiger partial charge is 0.493 e. The number of rotatable bonds is 10. The number of nitrogens with zero attached hydrogens (tertiary/aromatic N) is 3. The molecule has 3 aliphatic rings. The van der Waals surface area contributed by atoms with Gasteiger partial charge in [-0.05, 0) is 80.1 Å². The van der Waals surface area contributed by atoms with Crippen LogP contribution in [0.1, 0.15) is 47.3 Å². The van der Waals surface area contributed by atoms with Crippen LogP contribution < -0.4 is 19.5 Å². The first-order chi connectivity index (χ1) is 22.0. The molecule has 2 atom stereocenters. The molecule has 46 heavy (non-hydrogen) atoms. The second-order valence-corrected chi connectivity index (χ2v) is 11.9. The lowest BCUT2D eigenvalue weighted by molar-refractivity contribution is -0.202. The number of imidazole rings is 1. The minimum atomic E-state index is -4.85. The van der Waals surface area contributed by atoms with Gasteiger partial charge in [0.25, 0.3) is 5.91 Å². The Balaban J connectivity index is 1.29. The van der Waals surface area contributed by atoms with Crippen LogP contribution in [0.25, 0.3) is 11.3 Å². The molecule has 2 saturated carbocycles. The molecule has 2 fully saturated rings. The van der Waals surface area contributed by atoms with Crippen LogP contribution in [0, 0.1) is 11.7 Å². The third-order valence-corrected chi connectivity index (χ3v) is 8.83. The molecule has 1 aliphatic heterocycles. The van der Waals surface area contributed by atoms with Gasteiger partial charge < -0.3 is 29.2 Å². The lowest BCUT2D eigenvalue weighted by atomic mass is 9.85. The maximum atomic E-state index is 15.1. The van der Waals surface area contributed by atoms with E-state index in [-0.39, 0.29) is 46.8 Å². The molecule has 0 saturated heterocycles. The van der Waals surface area contributed by atoms with Gasteiger partial charge in [0.15, 0.2) is 17.2 Å². The lowest BCUT2D eigenvalue weighted by Gasteiger charge is -2.33. The van der Waals surface area contributed by atoms with Crippen LogP contribution in [0.15, 0.2) is 67.3 Å². The van der Waals surface area contributed by atoms with Gasteiger partial charge >= 0.3 is 6.18 Å². The van der Waals surface area contributed by atoms with Gasteiger partial charge in [-0.1, -0.05) is 0 Å². The average molecular weight is 639 g/mol. The number of aromatic nitrogens is 3. The van der Waals surface area contributed by atoms with Crippen molar-refractivity contribution >= 4 is 5.91 Å². The van der Waals surface area contributed by atoms with E-state index in [1.54, 1.807) is 12.1 Å². The van der Waals surface area contributed by atoms with E-state index in [0.29, 0.717) is 29.9 Å². The molecular formula is C33H30F4N4O5. The number of aliphatic hydroxyl groups is 1. The standard InChI is InChI=1S/C33H30F4N4O5/c1-44-26-14-20(4-11-25(26)46-23-9-10-23)30(42)39-16-31(43,21-5-6-21)27-15-24-29(28(40-27)19-2-7-22(34)8-3-19)45-17-32(24,33(35,36)37)41-13-12-38-18-41/h2-4,7-8,11-15,18,21,23,43H,5-6,9-10,16-17H2,1H3,(H,39,42)/t31?,32-/m0/s1. The Morgan fingerprint density at radius 2 is 1.87 bits per heavy atom. The number of carbonyl (C=O) groups excluding carboxylic acids is 1. The summed E-state index contributed by atoms with van der Waals surface area (Å²) in [6.45, 7) is -1.14. The highest BCUT2D eigenvalue weighted by Crippen LogP contribution is 2.54. The van der Waals surface area contributed by atoms with Crippen molar-refractivity contribution in [3.05, 3.63) is 89.9 Å². The summed E-state index contributed by atoms with van der Waals surface area (Å²) in [7, 11) is 1.47. The quantitative estimate of drug-likeness (QED) is 0.225. The van der Waals surface area contributed by atoms with Gasteiger partial charge in [-0.2, -0.15) is 13.2 Å². The van der Waals surface area contributed by atoms with Crippen LogP contribution >= 0.6 is 0 Å². The number of nitrogens with one attached hydrogen (secondary N) is 1. The predicted molar refractivity (Wildman–Crippen MR) is 156 cm³/mol. The Morgan fingerprint density at radius 3 is 2.50 bits per heavy atom. The minimum Gasteiger partial charge on any atom is -0.493 e. The van der Waals surface area contributed by atoms with Gasteiger partial charge in [0, 0.05) is 29.1 Å².